The van der Waals surface area contributed by atoms with Crippen LogP contribution >= 0.6 is 22.3 Å². The smallest absolute Gasteiger partial charge is 0.263 e. The molecule has 0 spiro atoms. The zero-order valence-electron chi connectivity index (χ0n) is 11.3. The highest BCUT2D eigenvalue weighted by molar-refractivity contribution is 8.14. The highest BCUT2D eigenvalue weighted by atomic mass is 35.7. The van der Waals surface area contributed by atoms with Gasteiger partial charge in [-0.05, 0) is 24.1 Å². The van der Waals surface area contributed by atoms with E-state index in [9.17, 15) is 8.42 Å². The van der Waals surface area contributed by atoms with Crippen molar-refractivity contribution in [3.05, 3.63) is 53.1 Å². The highest BCUT2D eigenvalue weighted by Crippen LogP contribution is 2.36. The van der Waals surface area contributed by atoms with Crippen LogP contribution in [-0.2, 0) is 20.4 Å². The summed E-state index contributed by atoms with van der Waals surface area (Å²) in [5, 5.41) is 0.105. The number of rotatable bonds is 5. The summed E-state index contributed by atoms with van der Waals surface area (Å²) in [4.78, 5) is -0.0720. The molecule has 2 aromatic rings. The van der Waals surface area contributed by atoms with Crippen molar-refractivity contribution in [2.24, 2.45) is 0 Å². The molecule has 0 unspecified atom stereocenters. The van der Waals surface area contributed by atoms with Gasteiger partial charge in [-0.15, -0.1) is 0 Å². The van der Waals surface area contributed by atoms with Crippen molar-refractivity contribution in [2.45, 2.75) is 18.4 Å². The van der Waals surface area contributed by atoms with Crippen molar-refractivity contribution >= 4 is 31.3 Å². The molecule has 0 heterocycles. The molecule has 0 radical (unpaired) electrons. The fourth-order valence-electron chi connectivity index (χ4n) is 2.09. The van der Waals surface area contributed by atoms with Crippen molar-refractivity contribution < 1.29 is 13.2 Å². The van der Waals surface area contributed by atoms with Gasteiger partial charge in [-0.25, -0.2) is 8.42 Å². The summed E-state index contributed by atoms with van der Waals surface area (Å²) < 4.78 is 29.1. The minimum absolute atomic E-state index is 0.0720. The molecule has 2 aromatic carbocycles. The third-order valence-corrected chi connectivity index (χ3v) is 4.80. The normalized spacial score (nSPS) is 11.6. The quantitative estimate of drug-likeness (QED) is 0.751. The van der Waals surface area contributed by atoms with E-state index in [2.05, 4.69) is 0 Å². The molecule has 0 aliphatic rings. The lowest BCUT2D eigenvalue weighted by Crippen LogP contribution is -2.00. The maximum atomic E-state index is 11.8. The van der Waals surface area contributed by atoms with E-state index in [1.54, 1.807) is 12.1 Å². The predicted octanol–water partition coefficient (Wildman–Crippen LogP) is 4.47. The lowest BCUT2D eigenvalue weighted by molar-refractivity contribution is 0.134. The summed E-state index contributed by atoms with van der Waals surface area (Å²) in [5.41, 5.74) is 2.10. The fourth-order valence-corrected chi connectivity index (χ4v) is 3.93. The number of halogens is 2. The Bertz CT molecular complexity index is 742. The first-order chi connectivity index (χ1) is 9.95. The largest absolute Gasteiger partial charge is 0.377 e. The van der Waals surface area contributed by atoms with Gasteiger partial charge in [-0.3, -0.25) is 0 Å². The van der Waals surface area contributed by atoms with Gasteiger partial charge in [0.2, 0.25) is 0 Å². The number of hydrogen-bond donors (Lipinski definition) is 0. The van der Waals surface area contributed by atoms with Gasteiger partial charge in [0.25, 0.3) is 9.05 Å². The fraction of sp³-hybridized carbons (Fsp3) is 0.200. The molecule has 112 valence electrons. The van der Waals surface area contributed by atoms with Crippen LogP contribution < -0.4 is 0 Å². The first kappa shape index (κ1) is 16.3. The third-order valence-electron chi connectivity index (χ3n) is 2.98. The van der Waals surface area contributed by atoms with Crippen LogP contribution in [0.3, 0.4) is 0 Å². The first-order valence-electron chi connectivity index (χ1n) is 6.34. The molecule has 2 rings (SSSR count). The SMILES string of the molecule is CCOCc1ccccc1-c1cccc(Cl)c1S(=O)(=O)Cl. The van der Waals surface area contributed by atoms with Gasteiger partial charge < -0.3 is 4.74 Å². The lowest BCUT2D eigenvalue weighted by Gasteiger charge is -2.13. The van der Waals surface area contributed by atoms with Gasteiger partial charge in [-0.1, -0.05) is 48.0 Å². The average molecular weight is 345 g/mol. The van der Waals surface area contributed by atoms with Crippen LogP contribution in [0.5, 0.6) is 0 Å². The zero-order valence-corrected chi connectivity index (χ0v) is 13.7. The first-order valence-corrected chi connectivity index (χ1v) is 9.03. The van der Waals surface area contributed by atoms with Crippen molar-refractivity contribution in [1.29, 1.82) is 0 Å². The second kappa shape index (κ2) is 6.79. The second-order valence-electron chi connectivity index (χ2n) is 4.35. The molecule has 0 aliphatic heterocycles. The molecule has 0 saturated heterocycles. The molecule has 0 fully saturated rings. The number of hydrogen-bond acceptors (Lipinski definition) is 3. The molecule has 0 amide bonds. The minimum atomic E-state index is -3.95. The molecule has 0 aliphatic carbocycles. The zero-order chi connectivity index (χ0) is 15.5. The van der Waals surface area contributed by atoms with Crippen LogP contribution in [0.15, 0.2) is 47.4 Å². The summed E-state index contributed by atoms with van der Waals surface area (Å²) in [6.07, 6.45) is 0. The molecule has 21 heavy (non-hydrogen) atoms. The van der Waals surface area contributed by atoms with Crippen LogP contribution in [0, 0.1) is 0 Å². The average Bonchev–Trinajstić information content (AvgIpc) is 2.44. The molecule has 3 nitrogen and oxygen atoms in total. The third kappa shape index (κ3) is 3.77. The summed E-state index contributed by atoms with van der Waals surface area (Å²) in [6.45, 7) is 2.86. The van der Waals surface area contributed by atoms with E-state index in [0.29, 0.717) is 18.8 Å². The van der Waals surface area contributed by atoms with Gasteiger partial charge in [0.05, 0.1) is 11.6 Å². The van der Waals surface area contributed by atoms with Crippen LogP contribution in [0.25, 0.3) is 11.1 Å². The van der Waals surface area contributed by atoms with Gasteiger partial charge >= 0.3 is 0 Å². The maximum absolute atomic E-state index is 11.8. The van der Waals surface area contributed by atoms with Crippen molar-refractivity contribution in [2.75, 3.05) is 6.61 Å². The number of benzene rings is 2. The molecule has 0 N–H and O–H groups in total. The van der Waals surface area contributed by atoms with Crippen LogP contribution in [0.1, 0.15) is 12.5 Å². The molecule has 0 saturated carbocycles. The van der Waals surface area contributed by atoms with Crippen molar-refractivity contribution in [3.63, 3.8) is 0 Å². The molecule has 0 atom stereocenters. The van der Waals surface area contributed by atoms with E-state index in [1.165, 1.54) is 6.07 Å². The van der Waals surface area contributed by atoms with Gasteiger partial charge in [0.15, 0.2) is 0 Å². The van der Waals surface area contributed by atoms with E-state index in [1.807, 2.05) is 31.2 Å². The topological polar surface area (TPSA) is 43.4 Å². The lowest BCUT2D eigenvalue weighted by atomic mass is 10.00. The summed E-state index contributed by atoms with van der Waals surface area (Å²) in [7, 11) is 1.58. The highest BCUT2D eigenvalue weighted by Gasteiger charge is 2.21. The Kier molecular flexibility index (Phi) is 5.27. The van der Waals surface area contributed by atoms with Gasteiger partial charge in [-0.2, -0.15) is 0 Å². The summed E-state index contributed by atoms with van der Waals surface area (Å²) in [5.74, 6) is 0. The van der Waals surface area contributed by atoms with Crippen molar-refractivity contribution in [1.82, 2.24) is 0 Å². The summed E-state index contributed by atoms with van der Waals surface area (Å²) in [6, 6.07) is 12.3. The monoisotopic (exact) mass is 344 g/mol. The van der Waals surface area contributed by atoms with E-state index in [4.69, 9.17) is 27.0 Å². The van der Waals surface area contributed by atoms with Crippen molar-refractivity contribution in [3.8, 4) is 11.1 Å². The Labute approximate surface area is 133 Å². The Balaban J connectivity index is 2.66. The van der Waals surface area contributed by atoms with E-state index in [0.717, 1.165) is 11.1 Å². The predicted molar refractivity (Wildman–Crippen MR) is 85.3 cm³/mol. The minimum Gasteiger partial charge on any atom is -0.377 e. The second-order valence-corrected chi connectivity index (χ2v) is 7.26. The molecule has 0 bridgehead atoms. The van der Waals surface area contributed by atoms with Crippen LogP contribution in [0.4, 0.5) is 0 Å². The van der Waals surface area contributed by atoms with E-state index >= 15 is 0 Å². The Morgan fingerprint density at radius 1 is 1.05 bits per heavy atom. The standard InChI is InChI=1S/C15H14Cl2O3S/c1-2-20-10-11-6-3-4-7-12(11)13-8-5-9-14(16)15(13)21(17,18)19/h3-9H,2,10H2,1H3. The van der Waals surface area contributed by atoms with E-state index < -0.39 is 9.05 Å². The van der Waals surface area contributed by atoms with Crippen LogP contribution in [0.2, 0.25) is 5.02 Å². The molecule has 6 heteroatoms. The van der Waals surface area contributed by atoms with Gasteiger partial charge in [0.1, 0.15) is 4.90 Å². The Morgan fingerprint density at radius 3 is 2.38 bits per heavy atom. The Morgan fingerprint density at radius 2 is 1.71 bits per heavy atom. The number of ether oxygens (including phenoxy) is 1. The molecule has 0 aromatic heterocycles. The van der Waals surface area contributed by atoms with E-state index in [-0.39, 0.29) is 9.92 Å². The maximum Gasteiger partial charge on any atom is 0.263 e. The Hall–Kier alpha value is -1.07. The molecular weight excluding hydrogens is 331 g/mol. The van der Waals surface area contributed by atoms with Crippen LogP contribution in [-0.4, -0.2) is 15.0 Å². The van der Waals surface area contributed by atoms with Gasteiger partial charge in [0, 0.05) is 22.9 Å². The summed E-state index contributed by atoms with van der Waals surface area (Å²) >= 11 is 6.03. The molecular formula is C15H14Cl2O3S.